The van der Waals surface area contributed by atoms with Gasteiger partial charge in [0.15, 0.2) is 0 Å². The highest BCUT2D eigenvalue weighted by Crippen LogP contribution is 2.19. The van der Waals surface area contributed by atoms with Crippen LogP contribution in [0.15, 0.2) is 18.2 Å². The minimum atomic E-state index is -0.286. The number of carbonyl (C=O) groups is 2. The summed E-state index contributed by atoms with van der Waals surface area (Å²) >= 11 is 6.05. The van der Waals surface area contributed by atoms with Gasteiger partial charge in [-0.05, 0) is 31.5 Å². The van der Waals surface area contributed by atoms with E-state index in [0.29, 0.717) is 50.0 Å². The molecule has 0 saturated carbocycles. The highest BCUT2D eigenvalue weighted by atomic mass is 35.5. The van der Waals surface area contributed by atoms with Crippen molar-refractivity contribution in [1.29, 1.82) is 0 Å². The molecule has 7 heteroatoms. The molecule has 0 aromatic heterocycles. The number of amides is 2. The zero-order valence-electron chi connectivity index (χ0n) is 13.5. The quantitative estimate of drug-likeness (QED) is 0.914. The first-order chi connectivity index (χ1) is 11.0. The number of piperazine rings is 1. The molecule has 0 atom stereocenters. The third kappa shape index (κ3) is 5.11. The highest BCUT2D eigenvalue weighted by molar-refractivity contribution is 6.31. The van der Waals surface area contributed by atoms with E-state index < -0.39 is 0 Å². The smallest absolute Gasteiger partial charge is 0.409 e. The molecule has 0 unspecified atom stereocenters. The van der Waals surface area contributed by atoms with E-state index in [1.807, 2.05) is 24.0 Å². The molecule has 1 N–H and O–H groups in total. The minimum absolute atomic E-state index is 0.0884. The Bertz CT molecular complexity index is 572. The number of nitrogens with zero attached hydrogens (tertiary/aromatic N) is 2. The number of ether oxygens (including phenoxy) is 1. The number of benzene rings is 1. The molecule has 1 aliphatic heterocycles. The lowest BCUT2D eigenvalue weighted by atomic mass is 10.2. The summed E-state index contributed by atoms with van der Waals surface area (Å²) in [7, 11) is 0. The van der Waals surface area contributed by atoms with Crippen LogP contribution in [0.25, 0.3) is 0 Å². The Labute approximate surface area is 141 Å². The number of nitrogens with one attached hydrogen (secondary N) is 1. The van der Waals surface area contributed by atoms with E-state index in [0.717, 1.165) is 5.56 Å². The second-order valence-corrected chi connectivity index (χ2v) is 5.88. The van der Waals surface area contributed by atoms with Gasteiger partial charge in [0.05, 0.1) is 13.2 Å². The van der Waals surface area contributed by atoms with E-state index in [4.69, 9.17) is 16.3 Å². The van der Waals surface area contributed by atoms with Gasteiger partial charge in [-0.25, -0.2) is 4.79 Å². The van der Waals surface area contributed by atoms with Crippen LogP contribution in [0.5, 0.6) is 0 Å². The van der Waals surface area contributed by atoms with Crippen molar-refractivity contribution in [3.05, 3.63) is 28.8 Å². The summed E-state index contributed by atoms with van der Waals surface area (Å²) in [6, 6.07) is 5.45. The van der Waals surface area contributed by atoms with Crippen molar-refractivity contribution >= 4 is 29.3 Å². The van der Waals surface area contributed by atoms with Crippen LogP contribution in [0.1, 0.15) is 12.5 Å². The number of hydrogen-bond donors (Lipinski definition) is 1. The molecule has 1 saturated heterocycles. The van der Waals surface area contributed by atoms with Crippen LogP contribution in [0, 0.1) is 6.92 Å². The summed E-state index contributed by atoms with van der Waals surface area (Å²) in [5.74, 6) is -0.0884. The van der Waals surface area contributed by atoms with Gasteiger partial charge in [-0.15, -0.1) is 0 Å². The van der Waals surface area contributed by atoms with Gasteiger partial charge in [-0.3, -0.25) is 9.69 Å². The maximum Gasteiger partial charge on any atom is 0.409 e. The fourth-order valence-corrected chi connectivity index (χ4v) is 2.56. The highest BCUT2D eigenvalue weighted by Gasteiger charge is 2.23. The molecule has 1 aromatic rings. The molecular formula is C16H22ClN3O3. The Hall–Kier alpha value is -1.79. The third-order valence-corrected chi connectivity index (χ3v) is 4.13. The summed E-state index contributed by atoms with van der Waals surface area (Å²) in [6.07, 6.45) is -0.286. The maximum absolute atomic E-state index is 12.1. The topological polar surface area (TPSA) is 61.9 Å². The van der Waals surface area contributed by atoms with Crippen LogP contribution in [-0.4, -0.2) is 61.1 Å². The monoisotopic (exact) mass is 339 g/mol. The predicted molar refractivity (Wildman–Crippen MR) is 89.9 cm³/mol. The number of aryl methyl sites for hydroxylation is 1. The lowest BCUT2D eigenvalue weighted by Crippen LogP contribution is -2.50. The van der Waals surface area contributed by atoms with Crippen molar-refractivity contribution < 1.29 is 14.3 Å². The normalized spacial score (nSPS) is 15.3. The van der Waals surface area contributed by atoms with E-state index in [1.54, 1.807) is 17.9 Å². The second-order valence-electron chi connectivity index (χ2n) is 5.47. The molecule has 2 rings (SSSR count). The van der Waals surface area contributed by atoms with Crippen LogP contribution in [-0.2, 0) is 9.53 Å². The van der Waals surface area contributed by atoms with Gasteiger partial charge in [-0.1, -0.05) is 17.7 Å². The SMILES string of the molecule is CCOC(=O)N1CCN(CC(=O)Nc2ccc(C)c(Cl)c2)CC1. The Balaban J connectivity index is 1.78. The average Bonchev–Trinajstić information content (AvgIpc) is 2.52. The lowest BCUT2D eigenvalue weighted by molar-refractivity contribution is -0.117. The molecule has 1 heterocycles. The minimum Gasteiger partial charge on any atom is -0.450 e. The molecule has 0 bridgehead atoms. The molecule has 0 radical (unpaired) electrons. The molecule has 1 aromatic carbocycles. The molecule has 0 aliphatic carbocycles. The van der Waals surface area contributed by atoms with Crippen molar-refractivity contribution in [1.82, 2.24) is 9.80 Å². The molecule has 2 amide bonds. The lowest BCUT2D eigenvalue weighted by Gasteiger charge is -2.33. The zero-order chi connectivity index (χ0) is 16.8. The van der Waals surface area contributed by atoms with Crippen molar-refractivity contribution in [3.8, 4) is 0 Å². The van der Waals surface area contributed by atoms with Crippen LogP contribution in [0.4, 0.5) is 10.5 Å². The average molecular weight is 340 g/mol. The Morgan fingerprint density at radius 3 is 2.57 bits per heavy atom. The van der Waals surface area contributed by atoms with Crippen LogP contribution < -0.4 is 5.32 Å². The van der Waals surface area contributed by atoms with Crippen molar-refractivity contribution in [2.45, 2.75) is 13.8 Å². The van der Waals surface area contributed by atoms with Crippen LogP contribution >= 0.6 is 11.6 Å². The first-order valence-corrected chi connectivity index (χ1v) is 8.07. The molecule has 1 fully saturated rings. The van der Waals surface area contributed by atoms with E-state index in [-0.39, 0.29) is 12.0 Å². The first kappa shape index (κ1) is 17.6. The summed E-state index contributed by atoms with van der Waals surface area (Å²) in [5.41, 5.74) is 1.66. The summed E-state index contributed by atoms with van der Waals surface area (Å²) < 4.78 is 4.97. The molecule has 126 valence electrons. The number of anilines is 1. The van der Waals surface area contributed by atoms with Gasteiger partial charge in [0.2, 0.25) is 5.91 Å². The number of carbonyl (C=O) groups excluding carboxylic acids is 2. The van der Waals surface area contributed by atoms with Gasteiger partial charge in [-0.2, -0.15) is 0 Å². The molecular weight excluding hydrogens is 318 g/mol. The summed E-state index contributed by atoms with van der Waals surface area (Å²) in [5, 5.41) is 3.47. The number of hydrogen-bond acceptors (Lipinski definition) is 4. The van der Waals surface area contributed by atoms with Gasteiger partial charge in [0.25, 0.3) is 0 Å². The van der Waals surface area contributed by atoms with Crippen molar-refractivity contribution in [2.24, 2.45) is 0 Å². The zero-order valence-corrected chi connectivity index (χ0v) is 14.2. The number of halogens is 1. The first-order valence-electron chi connectivity index (χ1n) is 7.69. The fourth-order valence-electron chi connectivity index (χ4n) is 2.38. The van der Waals surface area contributed by atoms with Crippen LogP contribution in [0.2, 0.25) is 5.02 Å². The number of rotatable bonds is 4. The molecule has 6 nitrogen and oxygen atoms in total. The molecule has 23 heavy (non-hydrogen) atoms. The van der Waals surface area contributed by atoms with Crippen LogP contribution in [0.3, 0.4) is 0 Å². The van der Waals surface area contributed by atoms with Crippen molar-refractivity contribution in [2.75, 3.05) is 44.6 Å². The van der Waals surface area contributed by atoms with E-state index in [9.17, 15) is 9.59 Å². The Kier molecular flexibility index (Phi) is 6.24. The van der Waals surface area contributed by atoms with E-state index in [2.05, 4.69) is 5.32 Å². The van der Waals surface area contributed by atoms with Gasteiger partial charge in [0.1, 0.15) is 0 Å². The van der Waals surface area contributed by atoms with Gasteiger partial charge < -0.3 is 15.0 Å². The summed E-state index contributed by atoms with van der Waals surface area (Å²) in [6.45, 7) is 6.82. The van der Waals surface area contributed by atoms with Gasteiger partial charge in [0, 0.05) is 36.9 Å². The standard InChI is InChI=1S/C16H22ClN3O3/c1-3-23-16(22)20-8-6-19(7-9-20)11-15(21)18-13-5-4-12(2)14(17)10-13/h4-5,10H,3,6-9,11H2,1-2H3,(H,18,21). The van der Waals surface area contributed by atoms with E-state index >= 15 is 0 Å². The summed E-state index contributed by atoms with van der Waals surface area (Å²) in [4.78, 5) is 27.4. The van der Waals surface area contributed by atoms with E-state index in [1.165, 1.54) is 0 Å². The van der Waals surface area contributed by atoms with Crippen molar-refractivity contribution in [3.63, 3.8) is 0 Å². The second kappa shape index (κ2) is 8.17. The maximum atomic E-state index is 12.1. The largest absolute Gasteiger partial charge is 0.450 e. The Morgan fingerprint density at radius 1 is 1.26 bits per heavy atom. The predicted octanol–water partition coefficient (Wildman–Crippen LogP) is 2.36. The Morgan fingerprint density at radius 2 is 1.96 bits per heavy atom. The van der Waals surface area contributed by atoms with Gasteiger partial charge >= 0.3 is 6.09 Å². The third-order valence-electron chi connectivity index (χ3n) is 3.72. The fraction of sp³-hybridized carbons (Fsp3) is 0.500. The molecule has 1 aliphatic rings. The molecule has 0 spiro atoms.